The second kappa shape index (κ2) is 7.58. The fourth-order valence-corrected chi connectivity index (χ4v) is 2.35. The van der Waals surface area contributed by atoms with Crippen molar-refractivity contribution in [2.45, 2.75) is 38.8 Å². The second-order valence-corrected chi connectivity index (χ2v) is 5.30. The Morgan fingerprint density at radius 3 is 1.95 bits per heavy atom. The molecule has 3 N–H and O–H groups in total. The summed E-state index contributed by atoms with van der Waals surface area (Å²) in [5, 5.41) is 10.6. The Kier molecular flexibility index (Phi) is 5.76. The minimum Gasteiger partial charge on any atom is -0.317 e. The Bertz CT molecular complexity index is 349. The zero-order valence-corrected chi connectivity index (χ0v) is 12.1. The largest absolute Gasteiger partial charge is 0.317 e. The fraction of sp³-hybridized carbons (Fsp3) is 0.667. The molecule has 0 radical (unpaired) electrons. The maximum absolute atomic E-state index is 4.78. The van der Waals surface area contributed by atoms with E-state index in [1.807, 2.05) is 0 Å². The van der Waals surface area contributed by atoms with Gasteiger partial charge in [0.2, 0.25) is 0 Å². The quantitative estimate of drug-likeness (QED) is 0.667. The molecule has 1 aromatic rings. The van der Waals surface area contributed by atoms with E-state index in [0.29, 0.717) is 12.1 Å². The number of hydrogen-bond acceptors (Lipinski definition) is 4. The van der Waals surface area contributed by atoms with Crippen LogP contribution in [0.15, 0.2) is 18.2 Å². The third-order valence-corrected chi connectivity index (χ3v) is 3.64. The van der Waals surface area contributed by atoms with Gasteiger partial charge < -0.3 is 16.0 Å². The first-order valence-corrected chi connectivity index (χ1v) is 7.41. The van der Waals surface area contributed by atoms with Crippen LogP contribution >= 0.6 is 0 Å². The topological polar surface area (TPSA) is 49.0 Å². The zero-order chi connectivity index (χ0) is 13.5. The van der Waals surface area contributed by atoms with Crippen molar-refractivity contribution in [2.75, 3.05) is 26.2 Å². The zero-order valence-electron chi connectivity index (χ0n) is 12.1. The van der Waals surface area contributed by atoms with E-state index < -0.39 is 0 Å². The molecule has 2 atom stereocenters. The highest BCUT2D eigenvalue weighted by Crippen LogP contribution is 2.14. The third kappa shape index (κ3) is 4.56. The van der Waals surface area contributed by atoms with Crippen LogP contribution in [0.1, 0.15) is 50.2 Å². The fourth-order valence-electron chi connectivity index (χ4n) is 2.35. The summed E-state index contributed by atoms with van der Waals surface area (Å²) in [5.74, 6) is 0. The first kappa shape index (κ1) is 14.4. The number of aromatic nitrogens is 1. The van der Waals surface area contributed by atoms with Gasteiger partial charge in [-0.1, -0.05) is 6.07 Å². The molecular weight excluding hydrogens is 236 g/mol. The first-order chi connectivity index (χ1) is 9.27. The van der Waals surface area contributed by atoms with Gasteiger partial charge in [-0.3, -0.25) is 4.98 Å². The minimum atomic E-state index is 0.315. The summed E-state index contributed by atoms with van der Waals surface area (Å²) >= 11 is 0. The molecule has 0 spiro atoms. The van der Waals surface area contributed by atoms with Crippen LogP contribution in [0.2, 0.25) is 0 Å². The van der Waals surface area contributed by atoms with Crippen molar-refractivity contribution in [3.63, 3.8) is 0 Å². The first-order valence-electron chi connectivity index (χ1n) is 7.41. The van der Waals surface area contributed by atoms with E-state index in [9.17, 15) is 0 Å². The highest BCUT2D eigenvalue weighted by Gasteiger charge is 2.11. The molecule has 2 bridgehead atoms. The summed E-state index contributed by atoms with van der Waals surface area (Å²) in [6.07, 6.45) is 2.32. The van der Waals surface area contributed by atoms with Gasteiger partial charge in [0.25, 0.3) is 0 Å². The summed E-state index contributed by atoms with van der Waals surface area (Å²) in [6.45, 7) is 8.61. The normalized spacial score (nSPS) is 26.6. The summed E-state index contributed by atoms with van der Waals surface area (Å²) in [5.41, 5.74) is 2.27. The van der Waals surface area contributed by atoms with Gasteiger partial charge in [0.15, 0.2) is 0 Å². The summed E-state index contributed by atoms with van der Waals surface area (Å²) < 4.78 is 0. The molecule has 0 unspecified atom stereocenters. The Morgan fingerprint density at radius 2 is 1.42 bits per heavy atom. The van der Waals surface area contributed by atoms with E-state index in [1.54, 1.807) is 0 Å². The van der Waals surface area contributed by atoms with Gasteiger partial charge in [-0.2, -0.15) is 0 Å². The molecule has 4 nitrogen and oxygen atoms in total. The van der Waals surface area contributed by atoms with Crippen LogP contribution in [0.5, 0.6) is 0 Å². The molecule has 2 rings (SSSR count). The number of rotatable bonds is 0. The van der Waals surface area contributed by atoms with Crippen LogP contribution in [0.4, 0.5) is 0 Å². The summed E-state index contributed by atoms with van der Waals surface area (Å²) in [6, 6.07) is 6.96. The van der Waals surface area contributed by atoms with Crippen LogP contribution in [0.3, 0.4) is 0 Å². The smallest absolute Gasteiger partial charge is 0.0574 e. The van der Waals surface area contributed by atoms with E-state index in [4.69, 9.17) is 4.98 Å². The molecule has 2 heterocycles. The van der Waals surface area contributed by atoms with E-state index in [1.165, 1.54) is 0 Å². The molecule has 0 saturated carbocycles. The molecule has 0 aliphatic carbocycles. The second-order valence-electron chi connectivity index (χ2n) is 5.30. The lowest BCUT2D eigenvalue weighted by atomic mass is 10.1. The van der Waals surface area contributed by atoms with Crippen LogP contribution < -0.4 is 16.0 Å². The van der Waals surface area contributed by atoms with Gasteiger partial charge in [-0.25, -0.2) is 0 Å². The number of hydrogen-bond donors (Lipinski definition) is 3. The van der Waals surface area contributed by atoms with Crippen molar-refractivity contribution < 1.29 is 0 Å². The number of nitrogens with zero attached hydrogens (tertiary/aromatic N) is 1. The average Bonchev–Trinajstić information content (AvgIpc) is 2.44. The van der Waals surface area contributed by atoms with E-state index >= 15 is 0 Å². The van der Waals surface area contributed by atoms with Crippen LogP contribution in [-0.4, -0.2) is 31.2 Å². The lowest BCUT2D eigenvalue weighted by Gasteiger charge is -2.18. The van der Waals surface area contributed by atoms with Crippen LogP contribution in [0, 0.1) is 0 Å². The maximum Gasteiger partial charge on any atom is 0.0574 e. The molecule has 0 aromatic carbocycles. The SMILES string of the molecule is C[C@@H]1NCCCNCCCN[C@@H](C)c2cccc1n2. The van der Waals surface area contributed by atoms with Gasteiger partial charge in [0.1, 0.15) is 0 Å². The molecule has 0 fully saturated rings. The van der Waals surface area contributed by atoms with Crippen molar-refractivity contribution >= 4 is 0 Å². The predicted octanol–water partition coefficient (Wildman–Crippen LogP) is 1.77. The highest BCUT2D eigenvalue weighted by atomic mass is 15.0. The van der Waals surface area contributed by atoms with Gasteiger partial charge in [-0.15, -0.1) is 0 Å². The lowest BCUT2D eigenvalue weighted by molar-refractivity contribution is 0.495. The van der Waals surface area contributed by atoms with Crippen LogP contribution in [-0.2, 0) is 0 Å². The Labute approximate surface area is 116 Å². The maximum atomic E-state index is 4.78. The highest BCUT2D eigenvalue weighted by molar-refractivity contribution is 5.16. The molecule has 0 saturated heterocycles. The molecule has 0 amide bonds. The molecule has 4 heteroatoms. The predicted molar refractivity (Wildman–Crippen MR) is 79.2 cm³/mol. The number of fused-ring (bicyclic) bond motifs is 2. The molecule has 1 aliphatic rings. The van der Waals surface area contributed by atoms with Gasteiger partial charge >= 0.3 is 0 Å². The van der Waals surface area contributed by atoms with E-state index in [2.05, 4.69) is 48.0 Å². The van der Waals surface area contributed by atoms with Crippen LogP contribution in [0.25, 0.3) is 0 Å². The van der Waals surface area contributed by atoms with Crippen molar-refractivity contribution in [1.29, 1.82) is 0 Å². The Balaban J connectivity index is 2.08. The van der Waals surface area contributed by atoms with Crippen molar-refractivity contribution in [3.8, 4) is 0 Å². The van der Waals surface area contributed by atoms with Crippen molar-refractivity contribution in [1.82, 2.24) is 20.9 Å². The Morgan fingerprint density at radius 1 is 0.895 bits per heavy atom. The standard InChI is InChI=1S/C15H26N4/c1-12-14-6-3-7-15(19-14)13(2)18-11-5-9-16-8-4-10-17-12/h3,6-7,12-13,16-18H,4-5,8-11H2,1-2H3/t12-,13-/m0/s1. The molecule has 106 valence electrons. The van der Waals surface area contributed by atoms with E-state index in [0.717, 1.165) is 50.4 Å². The molecular formula is C15H26N4. The number of nitrogens with one attached hydrogen (secondary N) is 3. The van der Waals surface area contributed by atoms with Crippen molar-refractivity contribution in [2.24, 2.45) is 0 Å². The van der Waals surface area contributed by atoms with Gasteiger partial charge in [0.05, 0.1) is 11.4 Å². The lowest BCUT2D eigenvalue weighted by Crippen LogP contribution is -2.29. The average molecular weight is 262 g/mol. The van der Waals surface area contributed by atoms with E-state index in [-0.39, 0.29) is 0 Å². The molecule has 1 aliphatic heterocycles. The Hall–Kier alpha value is -0.970. The summed E-state index contributed by atoms with van der Waals surface area (Å²) in [7, 11) is 0. The van der Waals surface area contributed by atoms with Gasteiger partial charge in [-0.05, 0) is 65.0 Å². The molecule has 1 aromatic heterocycles. The molecule has 19 heavy (non-hydrogen) atoms. The van der Waals surface area contributed by atoms with Gasteiger partial charge in [0, 0.05) is 12.1 Å². The third-order valence-electron chi connectivity index (χ3n) is 3.64. The minimum absolute atomic E-state index is 0.315. The number of pyridine rings is 1. The monoisotopic (exact) mass is 262 g/mol. The summed E-state index contributed by atoms with van der Waals surface area (Å²) in [4.78, 5) is 4.78. The van der Waals surface area contributed by atoms with Crippen molar-refractivity contribution in [3.05, 3.63) is 29.6 Å².